The standard InChI is InChI=1S/C20H27N3O6S2/c24-19(16-3-5-18(6-4-16)31(28,29)23-8-1-2-9-23)21-10-12-22(13-11-21)20(25)17-7-14-30(26,27)15-17/h3-6,17H,1-2,7-15H2/t17-/m0/s1. The van der Waals surface area contributed by atoms with Gasteiger partial charge < -0.3 is 9.80 Å². The average Bonchev–Trinajstić information content (AvgIpc) is 3.43. The summed E-state index contributed by atoms with van der Waals surface area (Å²) in [6.07, 6.45) is 2.09. The molecule has 0 aliphatic carbocycles. The molecule has 170 valence electrons. The van der Waals surface area contributed by atoms with Crippen LogP contribution in [0.15, 0.2) is 29.2 Å². The molecular weight excluding hydrogens is 442 g/mol. The lowest BCUT2D eigenvalue weighted by Crippen LogP contribution is -2.52. The van der Waals surface area contributed by atoms with E-state index in [1.165, 1.54) is 28.6 Å². The predicted molar refractivity (Wildman–Crippen MR) is 114 cm³/mol. The molecule has 3 heterocycles. The van der Waals surface area contributed by atoms with Crippen molar-refractivity contribution >= 4 is 31.7 Å². The number of piperazine rings is 1. The van der Waals surface area contributed by atoms with E-state index >= 15 is 0 Å². The Hall–Kier alpha value is -1.98. The van der Waals surface area contributed by atoms with Crippen molar-refractivity contribution in [3.63, 3.8) is 0 Å². The Morgan fingerprint density at radius 3 is 2.00 bits per heavy atom. The second-order valence-electron chi connectivity index (χ2n) is 8.35. The number of hydrogen-bond donors (Lipinski definition) is 0. The van der Waals surface area contributed by atoms with Gasteiger partial charge in [-0.15, -0.1) is 0 Å². The van der Waals surface area contributed by atoms with Crippen LogP contribution in [-0.2, 0) is 24.7 Å². The van der Waals surface area contributed by atoms with Crippen molar-refractivity contribution in [2.75, 3.05) is 50.8 Å². The summed E-state index contributed by atoms with van der Waals surface area (Å²) in [5.74, 6) is -0.856. The van der Waals surface area contributed by atoms with Gasteiger partial charge in [-0.05, 0) is 43.5 Å². The number of carbonyl (C=O) groups is 2. The molecule has 2 amide bonds. The summed E-state index contributed by atoms with van der Waals surface area (Å²) < 4.78 is 50.0. The largest absolute Gasteiger partial charge is 0.339 e. The zero-order valence-corrected chi connectivity index (χ0v) is 18.9. The maximum atomic E-state index is 12.8. The van der Waals surface area contributed by atoms with Crippen LogP contribution in [0.4, 0.5) is 0 Å². The van der Waals surface area contributed by atoms with Crippen LogP contribution in [0.2, 0.25) is 0 Å². The van der Waals surface area contributed by atoms with Gasteiger partial charge in [0.2, 0.25) is 15.9 Å². The number of sulfonamides is 1. The highest BCUT2D eigenvalue weighted by Gasteiger charge is 2.36. The molecule has 3 aliphatic heterocycles. The second-order valence-corrected chi connectivity index (χ2v) is 12.5. The van der Waals surface area contributed by atoms with Crippen LogP contribution in [0, 0.1) is 5.92 Å². The van der Waals surface area contributed by atoms with E-state index in [-0.39, 0.29) is 28.2 Å². The van der Waals surface area contributed by atoms with Crippen molar-refractivity contribution in [2.45, 2.75) is 24.2 Å². The smallest absolute Gasteiger partial charge is 0.253 e. The Kier molecular flexibility index (Phi) is 6.10. The molecule has 3 fully saturated rings. The monoisotopic (exact) mass is 469 g/mol. The Balaban J connectivity index is 1.35. The van der Waals surface area contributed by atoms with Gasteiger partial charge in [-0.2, -0.15) is 4.31 Å². The van der Waals surface area contributed by atoms with Gasteiger partial charge in [-0.3, -0.25) is 9.59 Å². The molecule has 0 saturated carbocycles. The molecule has 9 nitrogen and oxygen atoms in total. The summed E-state index contributed by atoms with van der Waals surface area (Å²) in [6.45, 7) is 2.50. The maximum absolute atomic E-state index is 12.8. The number of amides is 2. The van der Waals surface area contributed by atoms with Gasteiger partial charge in [0.25, 0.3) is 5.91 Å². The van der Waals surface area contributed by atoms with E-state index in [1.54, 1.807) is 9.80 Å². The fourth-order valence-electron chi connectivity index (χ4n) is 4.41. The first-order valence-electron chi connectivity index (χ1n) is 10.6. The van der Waals surface area contributed by atoms with Crippen molar-refractivity contribution < 1.29 is 26.4 Å². The van der Waals surface area contributed by atoms with E-state index in [0.717, 1.165) is 12.8 Å². The molecule has 0 aromatic heterocycles. The lowest BCUT2D eigenvalue weighted by atomic mass is 10.1. The van der Waals surface area contributed by atoms with Gasteiger partial charge in [-0.25, -0.2) is 16.8 Å². The molecule has 3 aliphatic rings. The normalized spacial score (nSPS) is 24.5. The van der Waals surface area contributed by atoms with Crippen LogP contribution < -0.4 is 0 Å². The number of benzene rings is 1. The van der Waals surface area contributed by atoms with E-state index in [4.69, 9.17) is 0 Å². The number of hydrogen-bond acceptors (Lipinski definition) is 6. The highest BCUT2D eigenvalue weighted by molar-refractivity contribution is 7.91. The Morgan fingerprint density at radius 2 is 1.45 bits per heavy atom. The Bertz CT molecular complexity index is 1050. The molecule has 1 aromatic rings. The number of nitrogens with zero attached hydrogens (tertiary/aromatic N) is 3. The van der Waals surface area contributed by atoms with Crippen molar-refractivity contribution in [3.05, 3.63) is 29.8 Å². The summed E-state index contributed by atoms with van der Waals surface area (Å²) in [6, 6.07) is 6.01. The summed E-state index contributed by atoms with van der Waals surface area (Å²) in [5, 5.41) is 0. The van der Waals surface area contributed by atoms with Crippen LogP contribution in [-0.4, -0.2) is 93.5 Å². The minimum Gasteiger partial charge on any atom is -0.339 e. The molecule has 31 heavy (non-hydrogen) atoms. The molecule has 0 unspecified atom stereocenters. The zero-order valence-electron chi connectivity index (χ0n) is 17.3. The summed E-state index contributed by atoms with van der Waals surface area (Å²) in [4.78, 5) is 28.9. The van der Waals surface area contributed by atoms with Gasteiger partial charge in [-0.1, -0.05) is 0 Å². The van der Waals surface area contributed by atoms with Gasteiger partial charge in [0.05, 0.1) is 22.3 Å². The fraction of sp³-hybridized carbons (Fsp3) is 0.600. The zero-order chi connectivity index (χ0) is 22.2. The summed E-state index contributed by atoms with van der Waals surface area (Å²) in [5.41, 5.74) is 0.405. The highest BCUT2D eigenvalue weighted by atomic mass is 32.2. The lowest BCUT2D eigenvalue weighted by Gasteiger charge is -2.36. The van der Waals surface area contributed by atoms with E-state index in [2.05, 4.69) is 0 Å². The summed E-state index contributed by atoms with van der Waals surface area (Å²) in [7, 11) is -6.63. The fourth-order valence-corrected chi connectivity index (χ4v) is 7.66. The van der Waals surface area contributed by atoms with Crippen LogP contribution in [0.1, 0.15) is 29.6 Å². The topological polar surface area (TPSA) is 112 Å². The SMILES string of the molecule is O=C(c1ccc(S(=O)(=O)N2CCCC2)cc1)N1CCN(C(=O)[C@H]2CCS(=O)(=O)C2)CC1. The van der Waals surface area contributed by atoms with Crippen LogP contribution >= 0.6 is 0 Å². The molecular formula is C20H27N3O6S2. The minimum absolute atomic E-state index is 0.0608. The van der Waals surface area contributed by atoms with Gasteiger partial charge in [0, 0.05) is 44.8 Å². The molecule has 0 spiro atoms. The molecule has 1 atom stereocenters. The van der Waals surface area contributed by atoms with Crippen molar-refractivity contribution in [3.8, 4) is 0 Å². The Labute approximate surface area is 183 Å². The predicted octanol–water partition coefficient (Wildman–Crippen LogP) is 0.190. The maximum Gasteiger partial charge on any atom is 0.253 e. The first-order chi connectivity index (χ1) is 14.7. The van der Waals surface area contributed by atoms with Gasteiger partial charge >= 0.3 is 0 Å². The molecule has 0 N–H and O–H groups in total. The number of sulfone groups is 1. The van der Waals surface area contributed by atoms with Gasteiger partial charge in [0.1, 0.15) is 0 Å². The van der Waals surface area contributed by atoms with Crippen LogP contribution in [0.25, 0.3) is 0 Å². The molecule has 3 saturated heterocycles. The number of rotatable bonds is 4. The Morgan fingerprint density at radius 1 is 0.871 bits per heavy atom. The first-order valence-corrected chi connectivity index (χ1v) is 13.8. The van der Waals surface area contributed by atoms with E-state index in [1.807, 2.05) is 0 Å². The van der Waals surface area contributed by atoms with Crippen molar-refractivity contribution in [1.29, 1.82) is 0 Å². The van der Waals surface area contributed by atoms with Crippen molar-refractivity contribution in [1.82, 2.24) is 14.1 Å². The third-order valence-corrected chi connectivity index (χ3v) is 9.95. The molecule has 4 rings (SSSR count). The third-order valence-electron chi connectivity index (χ3n) is 6.26. The minimum atomic E-state index is -3.52. The van der Waals surface area contributed by atoms with Crippen LogP contribution in [0.3, 0.4) is 0 Å². The number of carbonyl (C=O) groups excluding carboxylic acids is 2. The van der Waals surface area contributed by atoms with Gasteiger partial charge in [0.15, 0.2) is 9.84 Å². The van der Waals surface area contributed by atoms with E-state index in [0.29, 0.717) is 51.3 Å². The second kappa shape index (κ2) is 8.51. The van der Waals surface area contributed by atoms with E-state index in [9.17, 15) is 26.4 Å². The summed E-state index contributed by atoms with van der Waals surface area (Å²) >= 11 is 0. The molecule has 0 radical (unpaired) electrons. The highest BCUT2D eigenvalue weighted by Crippen LogP contribution is 2.23. The molecule has 0 bridgehead atoms. The third kappa shape index (κ3) is 4.63. The lowest BCUT2D eigenvalue weighted by molar-refractivity contribution is -0.136. The average molecular weight is 470 g/mol. The van der Waals surface area contributed by atoms with Crippen molar-refractivity contribution in [2.24, 2.45) is 5.92 Å². The van der Waals surface area contributed by atoms with E-state index < -0.39 is 25.8 Å². The quantitative estimate of drug-likeness (QED) is 0.622. The molecule has 11 heteroatoms. The van der Waals surface area contributed by atoms with Crippen LogP contribution in [0.5, 0.6) is 0 Å². The molecule has 1 aromatic carbocycles. The first kappa shape index (κ1) is 22.2.